The zero-order valence-corrected chi connectivity index (χ0v) is 9.71. The van der Waals surface area contributed by atoms with Gasteiger partial charge in [-0.05, 0) is 37.3 Å². The molecule has 0 saturated heterocycles. The lowest BCUT2D eigenvalue weighted by atomic mass is 10.1. The van der Waals surface area contributed by atoms with E-state index in [0.29, 0.717) is 5.38 Å². The summed E-state index contributed by atoms with van der Waals surface area (Å²) >= 11 is 6.08. The van der Waals surface area contributed by atoms with Crippen LogP contribution in [0.4, 0.5) is 0 Å². The molecule has 0 bridgehead atoms. The molecule has 2 unspecified atom stereocenters. The zero-order valence-electron chi connectivity index (χ0n) is 8.95. The first kappa shape index (κ1) is 11.0. The molecule has 0 radical (unpaired) electrons. The largest absolute Gasteiger partial charge is 0.312 e. The van der Waals surface area contributed by atoms with E-state index in [4.69, 9.17) is 11.6 Å². The van der Waals surface area contributed by atoms with Crippen LogP contribution >= 0.6 is 11.6 Å². The first-order valence-corrected chi connectivity index (χ1v) is 6.17. The summed E-state index contributed by atoms with van der Waals surface area (Å²) in [6.45, 7) is 2.09. The smallest absolute Gasteiger partial charge is 0.0339 e. The molecule has 0 spiro atoms. The summed E-state index contributed by atoms with van der Waals surface area (Å²) in [5.41, 5.74) is 1.36. The lowest BCUT2D eigenvalue weighted by Crippen LogP contribution is -2.21. The predicted molar refractivity (Wildman–Crippen MR) is 65.1 cm³/mol. The summed E-state index contributed by atoms with van der Waals surface area (Å²) in [4.78, 5) is 0. The van der Waals surface area contributed by atoms with Crippen molar-refractivity contribution in [2.45, 2.75) is 31.2 Å². The van der Waals surface area contributed by atoms with Gasteiger partial charge in [0.25, 0.3) is 0 Å². The molecular formula is C13H18ClN. The summed E-state index contributed by atoms with van der Waals surface area (Å²) in [5.74, 6) is 0.788. The van der Waals surface area contributed by atoms with Gasteiger partial charge in [-0.15, -0.1) is 11.6 Å². The third-order valence-corrected chi connectivity index (χ3v) is 3.48. The van der Waals surface area contributed by atoms with E-state index in [2.05, 4.69) is 35.6 Å². The van der Waals surface area contributed by atoms with Crippen molar-refractivity contribution >= 4 is 11.6 Å². The molecule has 1 N–H and O–H groups in total. The van der Waals surface area contributed by atoms with Crippen molar-refractivity contribution in [2.24, 2.45) is 5.92 Å². The van der Waals surface area contributed by atoms with Crippen LogP contribution in [0.25, 0.3) is 0 Å². The van der Waals surface area contributed by atoms with Gasteiger partial charge in [0, 0.05) is 11.9 Å². The maximum atomic E-state index is 6.08. The van der Waals surface area contributed by atoms with Crippen molar-refractivity contribution in [3.8, 4) is 0 Å². The summed E-state index contributed by atoms with van der Waals surface area (Å²) in [7, 11) is 0. The lowest BCUT2D eigenvalue weighted by molar-refractivity contribution is 0.490. The Kier molecular flexibility index (Phi) is 4.04. The third kappa shape index (κ3) is 3.51. The highest BCUT2D eigenvalue weighted by atomic mass is 35.5. The molecule has 0 amide bonds. The first-order valence-electron chi connectivity index (χ1n) is 5.73. The summed E-state index contributed by atoms with van der Waals surface area (Å²) in [6.07, 6.45) is 3.67. The van der Waals surface area contributed by atoms with Crippen LogP contribution in [0, 0.1) is 5.92 Å². The van der Waals surface area contributed by atoms with Gasteiger partial charge in [0.2, 0.25) is 0 Å². The molecule has 2 rings (SSSR count). The maximum Gasteiger partial charge on any atom is 0.0339 e. The molecule has 1 fully saturated rings. The van der Waals surface area contributed by atoms with Gasteiger partial charge < -0.3 is 5.32 Å². The van der Waals surface area contributed by atoms with Crippen molar-refractivity contribution in [3.05, 3.63) is 35.9 Å². The first-order chi connectivity index (χ1) is 7.34. The summed E-state index contributed by atoms with van der Waals surface area (Å²) in [6, 6.07) is 10.5. The molecule has 0 aliphatic heterocycles. The topological polar surface area (TPSA) is 12.0 Å². The number of hydrogen-bond donors (Lipinski definition) is 1. The van der Waals surface area contributed by atoms with Gasteiger partial charge >= 0.3 is 0 Å². The van der Waals surface area contributed by atoms with E-state index in [1.807, 2.05) is 0 Å². The van der Waals surface area contributed by atoms with Crippen LogP contribution in [0.3, 0.4) is 0 Å². The third-order valence-electron chi connectivity index (χ3n) is 3.08. The minimum atomic E-state index is 0.425. The quantitative estimate of drug-likeness (QED) is 0.774. The average molecular weight is 224 g/mol. The maximum absolute atomic E-state index is 6.08. The summed E-state index contributed by atoms with van der Waals surface area (Å²) < 4.78 is 0. The second-order valence-electron chi connectivity index (χ2n) is 4.39. The van der Waals surface area contributed by atoms with Crippen molar-refractivity contribution in [2.75, 3.05) is 6.54 Å². The molecule has 1 aliphatic rings. The van der Waals surface area contributed by atoms with Gasteiger partial charge in [-0.2, -0.15) is 0 Å². The van der Waals surface area contributed by atoms with Gasteiger partial charge in [-0.1, -0.05) is 30.3 Å². The number of alkyl halides is 1. The molecule has 1 saturated carbocycles. The number of nitrogens with one attached hydrogen (secondary N) is 1. The van der Waals surface area contributed by atoms with Crippen molar-refractivity contribution < 1.29 is 0 Å². The molecule has 1 aromatic rings. The van der Waals surface area contributed by atoms with Crippen LogP contribution < -0.4 is 5.32 Å². The minimum absolute atomic E-state index is 0.425. The molecule has 1 nitrogen and oxygen atoms in total. The van der Waals surface area contributed by atoms with E-state index < -0.39 is 0 Å². The number of hydrogen-bond acceptors (Lipinski definition) is 1. The van der Waals surface area contributed by atoms with Crippen LogP contribution in [0.2, 0.25) is 0 Å². The standard InChI is InChI=1S/C13H18ClN/c14-13-7-6-12(8-13)10-15-9-11-4-2-1-3-5-11/h1-5,12-13,15H,6-10H2. The van der Waals surface area contributed by atoms with Crippen molar-refractivity contribution in [1.29, 1.82) is 0 Å². The van der Waals surface area contributed by atoms with Crippen LogP contribution in [0.15, 0.2) is 30.3 Å². The molecule has 15 heavy (non-hydrogen) atoms. The predicted octanol–water partition coefficient (Wildman–Crippen LogP) is 3.18. The Morgan fingerprint density at radius 3 is 2.67 bits per heavy atom. The molecule has 0 aromatic heterocycles. The molecule has 2 atom stereocenters. The molecule has 1 aliphatic carbocycles. The van der Waals surface area contributed by atoms with Crippen molar-refractivity contribution in [3.63, 3.8) is 0 Å². The van der Waals surface area contributed by atoms with Gasteiger partial charge in [0.15, 0.2) is 0 Å². The molecular weight excluding hydrogens is 206 g/mol. The molecule has 82 valence electrons. The Morgan fingerprint density at radius 1 is 1.20 bits per heavy atom. The zero-order chi connectivity index (χ0) is 10.5. The molecule has 0 heterocycles. The van der Waals surface area contributed by atoms with Gasteiger partial charge in [-0.25, -0.2) is 0 Å². The number of rotatable bonds is 4. The van der Waals surface area contributed by atoms with Crippen LogP contribution in [0.5, 0.6) is 0 Å². The van der Waals surface area contributed by atoms with Crippen molar-refractivity contribution in [1.82, 2.24) is 5.32 Å². The van der Waals surface area contributed by atoms with E-state index in [1.165, 1.54) is 24.8 Å². The molecule has 1 aromatic carbocycles. The second-order valence-corrected chi connectivity index (χ2v) is 5.01. The number of benzene rings is 1. The van der Waals surface area contributed by atoms with Gasteiger partial charge in [-0.3, -0.25) is 0 Å². The Labute approximate surface area is 96.8 Å². The van der Waals surface area contributed by atoms with Crippen LogP contribution in [-0.2, 0) is 6.54 Å². The number of halogens is 1. The second kappa shape index (κ2) is 5.53. The monoisotopic (exact) mass is 223 g/mol. The Balaban J connectivity index is 1.67. The van der Waals surface area contributed by atoms with E-state index in [9.17, 15) is 0 Å². The lowest BCUT2D eigenvalue weighted by Gasteiger charge is -2.10. The van der Waals surface area contributed by atoms with Crippen LogP contribution in [-0.4, -0.2) is 11.9 Å². The summed E-state index contributed by atoms with van der Waals surface area (Å²) in [5, 5.41) is 3.93. The van der Waals surface area contributed by atoms with Crippen LogP contribution in [0.1, 0.15) is 24.8 Å². The van der Waals surface area contributed by atoms with E-state index in [1.54, 1.807) is 0 Å². The van der Waals surface area contributed by atoms with E-state index in [-0.39, 0.29) is 0 Å². The fraction of sp³-hybridized carbons (Fsp3) is 0.538. The highest BCUT2D eigenvalue weighted by Crippen LogP contribution is 2.28. The Bertz CT molecular complexity index is 286. The normalized spacial score (nSPS) is 25.7. The Morgan fingerprint density at radius 2 is 2.00 bits per heavy atom. The minimum Gasteiger partial charge on any atom is -0.312 e. The average Bonchev–Trinajstić information content (AvgIpc) is 2.66. The Hall–Kier alpha value is -0.530. The molecule has 2 heteroatoms. The SMILES string of the molecule is ClC1CCC(CNCc2ccccc2)C1. The highest BCUT2D eigenvalue weighted by molar-refractivity contribution is 6.20. The van der Waals surface area contributed by atoms with E-state index >= 15 is 0 Å². The van der Waals surface area contributed by atoms with E-state index in [0.717, 1.165) is 19.0 Å². The van der Waals surface area contributed by atoms with Gasteiger partial charge in [0.1, 0.15) is 0 Å². The van der Waals surface area contributed by atoms with Gasteiger partial charge in [0.05, 0.1) is 0 Å². The fourth-order valence-corrected chi connectivity index (χ4v) is 2.59. The highest BCUT2D eigenvalue weighted by Gasteiger charge is 2.21. The fourth-order valence-electron chi connectivity index (χ4n) is 2.22.